The molecule has 0 aliphatic heterocycles. The van der Waals surface area contributed by atoms with Gasteiger partial charge in [0.25, 0.3) is 0 Å². The van der Waals surface area contributed by atoms with Crippen LogP contribution in [0.25, 0.3) is 0 Å². The minimum absolute atomic E-state index is 0. The van der Waals surface area contributed by atoms with Crippen LogP contribution in [0.3, 0.4) is 0 Å². The Morgan fingerprint density at radius 2 is 1.29 bits per heavy atom. The van der Waals surface area contributed by atoms with Gasteiger partial charge in [0.1, 0.15) is 17.2 Å². The van der Waals surface area contributed by atoms with Crippen LogP contribution in [0.5, 0.6) is 17.2 Å². The number of hydrogen-bond donors (Lipinski definition) is 0. The molecule has 0 heterocycles. The van der Waals surface area contributed by atoms with Gasteiger partial charge in [-0.05, 0) is 61.3 Å². The molecule has 148 valence electrons. The summed E-state index contributed by atoms with van der Waals surface area (Å²) in [5, 5.41) is 0.798. The summed E-state index contributed by atoms with van der Waals surface area (Å²) in [6, 6.07) is 7.80. The Labute approximate surface area is 182 Å². The first-order valence-electron chi connectivity index (χ1n) is 9.36. The number of benzene rings is 2. The van der Waals surface area contributed by atoms with Crippen LogP contribution in [0.2, 0.25) is 0 Å². The summed E-state index contributed by atoms with van der Waals surface area (Å²) in [5.41, 5.74) is 4.06. The fourth-order valence-corrected chi connectivity index (χ4v) is 4.47. The summed E-state index contributed by atoms with van der Waals surface area (Å²) >= 11 is 0. The average molecular weight is 396 g/mol. The van der Waals surface area contributed by atoms with E-state index in [9.17, 15) is 4.79 Å². The fraction of sp³-hybridized carbons (Fsp3) is 0.409. The third-order valence-electron chi connectivity index (χ3n) is 4.09. The fourth-order valence-electron chi connectivity index (χ4n) is 3.19. The SMILES string of the molecule is CCOc1cc(OCC)c(PC(=O)c2c(C)cc(C)cc2C)c(OCC)c1.[LiH]. The van der Waals surface area contributed by atoms with Crippen molar-refractivity contribution >= 4 is 38.3 Å². The van der Waals surface area contributed by atoms with Gasteiger partial charge in [0.15, 0.2) is 5.52 Å². The molecule has 0 bridgehead atoms. The van der Waals surface area contributed by atoms with E-state index in [0.29, 0.717) is 37.1 Å². The van der Waals surface area contributed by atoms with E-state index in [1.165, 1.54) is 0 Å². The van der Waals surface area contributed by atoms with Crippen molar-refractivity contribution in [3.8, 4) is 17.2 Å². The number of ether oxygens (including phenoxy) is 3. The Bertz CT molecular complexity index is 770. The number of hydrogen-bond acceptors (Lipinski definition) is 4. The van der Waals surface area contributed by atoms with Gasteiger partial charge >= 0.3 is 18.9 Å². The normalized spacial score (nSPS) is 10.6. The molecule has 28 heavy (non-hydrogen) atoms. The van der Waals surface area contributed by atoms with Crippen LogP contribution in [0.1, 0.15) is 47.8 Å². The van der Waals surface area contributed by atoms with E-state index in [1.807, 2.05) is 53.7 Å². The number of carbonyl (C=O) groups excluding carboxylic acids is 1. The zero-order valence-corrected chi connectivity index (χ0v) is 18.1. The van der Waals surface area contributed by atoms with Crippen molar-refractivity contribution in [3.05, 3.63) is 46.5 Å². The molecule has 0 saturated heterocycles. The molecule has 0 saturated carbocycles. The molecular weight excluding hydrogens is 366 g/mol. The van der Waals surface area contributed by atoms with E-state index in [2.05, 4.69) is 12.1 Å². The molecule has 6 heteroatoms. The van der Waals surface area contributed by atoms with Gasteiger partial charge in [0.05, 0.1) is 25.1 Å². The van der Waals surface area contributed by atoms with Crippen LogP contribution in [0.4, 0.5) is 0 Å². The Kier molecular flexibility index (Phi) is 10.1. The number of rotatable bonds is 9. The zero-order valence-electron chi connectivity index (χ0n) is 17.1. The Morgan fingerprint density at radius 3 is 1.71 bits per heavy atom. The average Bonchev–Trinajstić information content (AvgIpc) is 2.57. The molecule has 2 aromatic rings. The summed E-state index contributed by atoms with van der Waals surface area (Å²) in [7, 11) is -0.0834. The summed E-state index contributed by atoms with van der Waals surface area (Å²) in [4.78, 5) is 13.2. The van der Waals surface area contributed by atoms with Crippen LogP contribution in [-0.2, 0) is 0 Å². The van der Waals surface area contributed by atoms with Crippen molar-refractivity contribution in [1.29, 1.82) is 0 Å². The van der Waals surface area contributed by atoms with Gasteiger partial charge in [-0.15, -0.1) is 0 Å². The molecule has 0 aliphatic carbocycles. The minimum atomic E-state index is -0.0834. The Morgan fingerprint density at radius 1 is 0.821 bits per heavy atom. The second-order valence-electron chi connectivity index (χ2n) is 6.32. The molecule has 2 aromatic carbocycles. The van der Waals surface area contributed by atoms with E-state index in [0.717, 1.165) is 27.6 Å². The van der Waals surface area contributed by atoms with Gasteiger partial charge in [0, 0.05) is 17.7 Å². The molecule has 0 radical (unpaired) electrons. The monoisotopic (exact) mass is 396 g/mol. The first kappa shape index (κ1) is 24.6. The predicted octanol–water partition coefficient (Wildman–Crippen LogP) is 4.30. The molecule has 0 amide bonds. The summed E-state index contributed by atoms with van der Waals surface area (Å²) < 4.78 is 17.3. The van der Waals surface area contributed by atoms with E-state index in [1.54, 1.807) is 0 Å². The third-order valence-corrected chi connectivity index (χ3v) is 5.31. The molecule has 0 fully saturated rings. The van der Waals surface area contributed by atoms with Gasteiger partial charge in [-0.1, -0.05) is 17.7 Å². The zero-order chi connectivity index (χ0) is 20.0. The summed E-state index contributed by atoms with van der Waals surface area (Å²) in [6.07, 6.45) is 0. The molecule has 0 spiro atoms. The van der Waals surface area contributed by atoms with Crippen molar-refractivity contribution in [2.24, 2.45) is 0 Å². The van der Waals surface area contributed by atoms with Crippen LogP contribution in [0, 0.1) is 20.8 Å². The van der Waals surface area contributed by atoms with Crippen molar-refractivity contribution in [1.82, 2.24) is 0 Å². The van der Waals surface area contributed by atoms with Gasteiger partial charge in [0.2, 0.25) is 0 Å². The van der Waals surface area contributed by atoms with Crippen LogP contribution in [-0.4, -0.2) is 44.2 Å². The van der Waals surface area contributed by atoms with Crippen molar-refractivity contribution in [3.63, 3.8) is 0 Å². The molecule has 0 aliphatic rings. The Hall–Kier alpha value is -1.46. The number of carbonyl (C=O) groups is 1. The molecule has 1 unspecified atom stereocenters. The molecule has 0 N–H and O–H groups in total. The van der Waals surface area contributed by atoms with Crippen molar-refractivity contribution < 1.29 is 19.0 Å². The second-order valence-corrected chi connectivity index (χ2v) is 7.53. The topological polar surface area (TPSA) is 44.8 Å². The van der Waals surface area contributed by atoms with Gasteiger partial charge in [-0.3, -0.25) is 4.79 Å². The standard InChI is InChI=1S/C22H29O4P.Li.H/c1-7-24-17-12-18(25-8-2)21(19(13-17)26-9-3)27-22(23)20-15(5)10-14(4)11-16(20)6;;/h10-13,27H,7-9H2,1-6H3;;. The molecule has 4 nitrogen and oxygen atoms in total. The van der Waals surface area contributed by atoms with E-state index < -0.39 is 0 Å². The van der Waals surface area contributed by atoms with E-state index >= 15 is 0 Å². The first-order chi connectivity index (χ1) is 12.9. The molecule has 2 rings (SSSR count). The summed E-state index contributed by atoms with van der Waals surface area (Å²) in [6.45, 7) is 13.4. The molecule has 0 aromatic heterocycles. The molecule has 1 atom stereocenters. The van der Waals surface area contributed by atoms with Crippen molar-refractivity contribution in [2.45, 2.75) is 41.5 Å². The van der Waals surface area contributed by atoms with Crippen LogP contribution >= 0.6 is 8.58 Å². The summed E-state index contributed by atoms with van der Waals surface area (Å²) in [5.74, 6) is 2.00. The van der Waals surface area contributed by atoms with Gasteiger partial charge < -0.3 is 14.2 Å². The first-order valence-corrected chi connectivity index (χ1v) is 10.4. The Balaban J connectivity index is 0.00000392. The van der Waals surface area contributed by atoms with E-state index in [-0.39, 0.29) is 33.0 Å². The van der Waals surface area contributed by atoms with E-state index in [4.69, 9.17) is 14.2 Å². The quantitative estimate of drug-likeness (QED) is 0.468. The van der Waals surface area contributed by atoms with Gasteiger partial charge in [-0.25, -0.2) is 0 Å². The van der Waals surface area contributed by atoms with Crippen molar-refractivity contribution in [2.75, 3.05) is 19.8 Å². The second kappa shape index (κ2) is 11.5. The maximum absolute atomic E-state index is 13.2. The number of aryl methyl sites for hydroxylation is 3. The molecular formula is C22H30LiO4P. The van der Waals surface area contributed by atoms with Crippen LogP contribution in [0.15, 0.2) is 24.3 Å². The maximum atomic E-state index is 13.2. The van der Waals surface area contributed by atoms with Gasteiger partial charge in [-0.2, -0.15) is 0 Å². The predicted molar refractivity (Wildman–Crippen MR) is 120 cm³/mol. The third kappa shape index (κ3) is 6.02. The van der Waals surface area contributed by atoms with Crippen LogP contribution < -0.4 is 19.5 Å².